The van der Waals surface area contributed by atoms with Crippen molar-refractivity contribution in [3.8, 4) is 0 Å². The molecule has 23 heavy (non-hydrogen) atoms. The van der Waals surface area contributed by atoms with E-state index in [0.717, 1.165) is 11.8 Å². The van der Waals surface area contributed by atoms with Gasteiger partial charge < -0.3 is 9.14 Å². The molecule has 0 radical (unpaired) electrons. The molecule has 1 aromatic carbocycles. The molecule has 7 heteroatoms. The first-order chi connectivity index (χ1) is 11.0. The van der Waals surface area contributed by atoms with Gasteiger partial charge >= 0.3 is 5.97 Å². The van der Waals surface area contributed by atoms with Crippen LogP contribution in [0.25, 0.3) is 15.7 Å². The molecule has 4 nitrogen and oxygen atoms in total. The summed E-state index contributed by atoms with van der Waals surface area (Å²) in [7, 11) is 0. The van der Waals surface area contributed by atoms with Gasteiger partial charge in [0.1, 0.15) is 16.2 Å². The summed E-state index contributed by atoms with van der Waals surface area (Å²) < 4.78 is 20.6. The lowest BCUT2D eigenvalue weighted by atomic mass is 10.1. The number of nitrogens with zero attached hydrogens (tertiary/aromatic N) is 1. The fourth-order valence-electron chi connectivity index (χ4n) is 2.55. The Bertz CT molecular complexity index is 993. The number of thiazole rings is 1. The molecule has 0 atom stereocenters. The molecule has 0 aliphatic carbocycles. The largest absolute Gasteiger partial charge is 0.462 e. The molecule has 2 heterocycles. The minimum Gasteiger partial charge on any atom is -0.462 e. The van der Waals surface area contributed by atoms with Crippen LogP contribution in [-0.4, -0.2) is 17.0 Å². The number of benzene rings is 1. The van der Waals surface area contributed by atoms with Gasteiger partial charge in [-0.2, -0.15) is 0 Å². The molecule has 0 spiro atoms. The van der Waals surface area contributed by atoms with Gasteiger partial charge in [0.05, 0.1) is 22.5 Å². The van der Waals surface area contributed by atoms with Crippen LogP contribution < -0.4 is 5.43 Å². The van der Waals surface area contributed by atoms with E-state index in [9.17, 15) is 14.0 Å². The maximum atomic E-state index is 13.8. The Hall–Kier alpha value is -1.92. The van der Waals surface area contributed by atoms with Gasteiger partial charge in [0.15, 0.2) is 0 Å². The van der Waals surface area contributed by atoms with Crippen LogP contribution in [0.15, 0.2) is 22.3 Å². The molecule has 2 aromatic heterocycles. The van der Waals surface area contributed by atoms with E-state index in [0.29, 0.717) is 16.8 Å². The molecule has 0 N–H and O–H groups in total. The van der Waals surface area contributed by atoms with Crippen molar-refractivity contribution in [1.82, 2.24) is 4.40 Å². The molecule has 120 valence electrons. The van der Waals surface area contributed by atoms with E-state index in [1.54, 1.807) is 11.3 Å². The smallest absolute Gasteiger partial charge is 0.345 e. The third-order valence-corrected chi connectivity index (χ3v) is 4.89. The number of hydrogen-bond acceptors (Lipinski definition) is 4. The second kappa shape index (κ2) is 5.94. The predicted octanol–water partition coefficient (Wildman–Crippen LogP) is 4.05. The van der Waals surface area contributed by atoms with Gasteiger partial charge in [-0.1, -0.05) is 18.5 Å². The molecule has 3 rings (SSSR count). The van der Waals surface area contributed by atoms with Gasteiger partial charge in [-0.25, -0.2) is 9.18 Å². The Morgan fingerprint density at radius 1 is 1.39 bits per heavy atom. The minimum atomic E-state index is -0.697. The minimum absolute atomic E-state index is 0.0641. The van der Waals surface area contributed by atoms with Crippen molar-refractivity contribution < 1.29 is 13.9 Å². The van der Waals surface area contributed by atoms with Crippen LogP contribution in [0.5, 0.6) is 0 Å². The summed E-state index contributed by atoms with van der Waals surface area (Å²) in [5.41, 5.74) is 0.787. The van der Waals surface area contributed by atoms with Gasteiger partial charge in [-0.3, -0.25) is 4.79 Å². The molecule has 3 aromatic rings. The van der Waals surface area contributed by atoms with Gasteiger partial charge in [0.2, 0.25) is 5.43 Å². The van der Waals surface area contributed by atoms with Crippen molar-refractivity contribution in [3.05, 3.63) is 49.8 Å². The van der Waals surface area contributed by atoms with Crippen molar-refractivity contribution in [2.45, 2.75) is 20.3 Å². The van der Waals surface area contributed by atoms with Crippen LogP contribution in [0.1, 0.15) is 29.9 Å². The van der Waals surface area contributed by atoms with Crippen LogP contribution in [0.2, 0.25) is 5.02 Å². The molecular weight excluding hydrogens is 341 g/mol. The SMILES string of the molecule is CCOC(=O)c1c(=O)c2cc(F)c(Cl)cc2n2c(CC)csc12. The van der Waals surface area contributed by atoms with Gasteiger partial charge in [0.25, 0.3) is 0 Å². The summed E-state index contributed by atoms with van der Waals surface area (Å²) in [4.78, 5) is 25.4. The number of rotatable bonds is 3. The molecular formula is C16H13ClFNO3S. The van der Waals surface area contributed by atoms with Crippen molar-refractivity contribution in [1.29, 1.82) is 0 Å². The first-order valence-corrected chi connectivity index (χ1v) is 8.36. The summed E-state index contributed by atoms with van der Waals surface area (Å²) in [6.45, 7) is 3.78. The first kappa shape index (κ1) is 16.0. The van der Waals surface area contributed by atoms with E-state index in [-0.39, 0.29) is 22.6 Å². The lowest BCUT2D eigenvalue weighted by Gasteiger charge is -2.10. The van der Waals surface area contributed by atoms with E-state index < -0.39 is 17.2 Å². The molecule has 0 aliphatic heterocycles. The van der Waals surface area contributed by atoms with Crippen LogP contribution in [0.4, 0.5) is 4.39 Å². The molecule has 0 bridgehead atoms. The zero-order valence-electron chi connectivity index (χ0n) is 12.5. The summed E-state index contributed by atoms with van der Waals surface area (Å²) in [5, 5.41) is 1.91. The molecule has 0 aliphatic rings. The molecule has 0 saturated heterocycles. The van der Waals surface area contributed by atoms with Crippen LogP contribution >= 0.6 is 22.9 Å². The van der Waals surface area contributed by atoms with E-state index in [4.69, 9.17) is 16.3 Å². The highest BCUT2D eigenvalue weighted by molar-refractivity contribution is 7.16. The number of pyridine rings is 1. The average Bonchev–Trinajstić information content (AvgIpc) is 2.93. The summed E-state index contributed by atoms with van der Waals surface area (Å²) in [6, 6.07) is 2.49. The lowest BCUT2D eigenvalue weighted by Crippen LogP contribution is -2.20. The topological polar surface area (TPSA) is 47.8 Å². The maximum absolute atomic E-state index is 13.8. The maximum Gasteiger partial charge on any atom is 0.345 e. The Labute approximate surface area is 140 Å². The van der Waals surface area contributed by atoms with Crippen molar-refractivity contribution in [3.63, 3.8) is 0 Å². The first-order valence-electron chi connectivity index (χ1n) is 7.10. The second-order valence-corrected chi connectivity index (χ2v) is 6.19. The van der Waals surface area contributed by atoms with E-state index >= 15 is 0 Å². The van der Waals surface area contributed by atoms with E-state index in [1.165, 1.54) is 17.4 Å². The normalized spacial score (nSPS) is 11.3. The number of carbonyl (C=O) groups is 1. The molecule has 0 amide bonds. The Morgan fingerprint density at radius 3 is 2.78 bits per heavy atom. The monoisotopic (exact) mass is 353 g/mol. The number of aryl methyl sites for hydroxylation is 1. The quantitative estimate of drug-likeness (QED) is 0.667. The van der Waals surface area contributed by atoms with Crippen molar-refractivity contribution in [2.75, 3.05) is 6.61 Å². The molecule has 0 fully saturated rings. The molecule has 0 unspecified atom stereocenters. The highest BCUT2D eigenvalue weighted by Crippen LogP contribution is 2.28. The number of carbonyl (C=O) groups excluding carboxylic acids is 1. The van der Waals surface area contributed by atoms with Crippen LogP contribution in [0, 0.1) is 5.82 Å². The fourth-order valence-corrected chi connectivity index (χ4v) is 3.85. The zero-order valence-corrected chi connectivity index (χ0v) is 14.1. The van der Waals surface area contributed by atoms with Crippen molar-refractivity contribution in [2.24, 2.45) is 0 Å². The number of hydrogen-bond donors (Lipinski definition) is 0. The summed E-state index contributed by atoms with van der Waals surface area (Å²) in [5.74, 6) is -1.39. The standard InChI is InChI=1S/C16H13ClFNO3S/c1-3-8-7-23-15-13(16(21)22-4-2)14(20)9-5-11(18)10(17)6-12(9)19(8)15/h5-7H,3-4H2,1-2H3. The Kier molecular flexibility index (Phi) is 4.12. The average molecular weight is 354 g/mol. The number of halogens is 2. The highest BCUT2D eigenvalue weighted by atomic mass is 35.5. The Morgan fingerprint density at radius 2 is 2.13 bits per heavy atom. The lowest BCUT2D eigenvalue weighted by molar-refractivity contribution is 0.0527. The van der Waals surface area contributed by atoms with Crippen LogP contribution in [0.3, 0.4) is 0 Å². The number of esters is 1. The molecule has 0 saturated carbocycles. The van der Waals surface area contributed by atoms with Gasteiger partial charge in [-0.05, 0) is 25.5 Å². The van der Waals surface area contributed by atoms with Crippen LogP contribution in [-0.2, 0) is 11.2 Å². The number of aromatic nitrogens is 1. The second-order valence-electron chi connectivity index (χ2n) is 4.93. The predicted molar refractivity (Wildman–Crippen MR) is 89.4 cm³/mol. The van der Waals surface area contributed by atoms with Gasteiger partial charge in [-0.15, -0.1) is 11.3 Å². The summed E-state index contributed by atoms with van der Waals surface area (Å²) >= 11 is 7.16. The van der Waals surface area contributed by atoms with Crippen molar-refractivity contribution >= 4 is 44.6 Å². The van der Waals surface area contributed by atoms with Gasteiger partial charge in [0, 0.05) is 11.1 Å². The fraction of sp³-hybridized carbons (Fsp3) is 0.250. The number of ether oxygens (including phenoxy) is 1. The summed E-state index contributed by atoms with van der Waals surface area (Å²) in [6.07, 6.45) is 0.690. The zero-order chi connectivity index (χ0) is 16.7. The third-order valence-electron chi connectivity index (χ3n) is 3.60. The van der Waals surface area contributed by atoms with E-state index in [1.807, 2.05) is 12.3 Å². The highest BCUT2D eigenvalue weighted by Gasteiger charge is 2.23. The third kappa shape index (κ3) is 2.42. The Balaban J connectivity index is 2.55. The number of fused-ring (bicyclic) bond motifs is 3. The van der Waals surface area contributed by atoms with E-state index in [2.05, 4.69) is 0 Å².